The zero-order valence-corrected chi connectivity index (χ0v) is 8.13. The Hall–Kier alpha value is -0.0800. The molecule has 11 heavy (non-hydrogen) atoms. The van der Waals surface area contributed by atoms with E-state index in [0.29, 0.717) is 18.1 Å². The summed E-state index contributed by atoms with van der Waals surface area (Å²) < 4.78 is 5.16. The summed E-state index contributed by atoms with van der Waals surface area (Å²) >= 11 is 0. The van der Waals surface area contributed by atoms with Crippen LogP contribution in [-0.2, 0) is 4.74 Å². The molecule has 0 bridgehead atoms. The quantitative estimate of drug-likeness (QED) is 0.663. The van der Waals surface area contributed by atoms with Crippen LogP contribution in [0, 0.1) is 5.92 Å². The van der Waals surface area contributed by atoms with Crippen molar-refractivity contribution < 1.29 is 4.74 Å². The van der Waals surface area contributed by atoms with Crippen LogP contribution in [0.5, 0.6) is 0 Å². The molecule has 2 nitrogen and oxygen atoms in total. The maximum Gasteiger partial charge on any atom is 0.0546 e. The number of hydrogen-bond acceptors (Lipinski definition) is 2. The minimum absolute atomic E-state index is 0.326. The summed E-state index contributed by atoms with van der Waals surface area (Å²) in [5.74, 6) is 0.565. The van der Waals surface area contributed by atoms with Gasteiger partial charge in [0.1, 0.15) is 0 Å². The standard InChI is InChI=1S/C9H21NO/c1-5-9(10)7(2)6-8(3)11-4/h7-9H,5-6,10H2,1-4H3. The molecule has 3 unspecified atom stereocenters. The summed E-state index contributed by atoms with van der Waals surface area (Å²) in [4.78, 5) is 0. The highest BCUT2D eigenvalue weighted by molar-refractivity contribution is 4.69. The maximum atomic E-state index is 5.86. The molecule has 0 heterocycles. The summed E-state index contributed by atoms with van der Waals surface area (Å²) in [5, 5.41) is 0. The summed E-state index contributed by atoms with van der Waals surface area (Å²) in [6, 6.07) is 0.326. The third-order valence-corrected chi connectivity index (χ3v) is 2.31. The van der Waals surface area contributed by atoms with E-state index < -0.39 is 0 Å². The smallest absolute Gasteiger partial charge is 0.0546 e. The molecule has 68 valence electrons. The van der Waals surface area contributed by atoms with Gasteiger partial charge in [-0.15, -0.1) is 0 Å². The second-order valence-corrected chi connectivity index (χ2v) is 3.33. The Labute approximate surface area is 70.1 Å². The molecule has 0 saturated heterocycles. The largest absolute Gasteiger partial charge is 0.382 e. The highest BCUT2D eigenvalue weighted by atomic mass is 16.5. The van der Waals surface area contributed by atoms with E-state index in [9.17, 15) is 0 Å². The van der Waals surface area contributed by atoms with Crippen LogP contribution in [0.2, 0.25) is 0 Å². The number of nitrogens with two attached hydrogens (primary N) is 1. The van der Waals surface area contributed by atoms with Gasteiger partial charge in [0.05, 0.1) is 6.10 Å². The molecular weight excluding hydrogens is 138 g/mol. The van der Waals surface area contributed by atoms with Crippen LogP contribution in [0.3, 0.4) is 0 Å². The van der Waals surface area contributed by atoms with E-state index in [1.54, 1.807) is 7.11 Å². The van der Waals surface area contributed by atoms with Crippen molar-refractivity contribution >= 4 is 0 Å². The molecule has 0 aliphatic rings. The predicted octanol–water partition coefficient (Wildman–Crippen LogP) is 1.78. The fourth-order valence-corrected chi connectivity index (χ4v) is 1.20. The zero-order valence-electron chi connectivity index (χ0n) is 8.13. The first kappa shape index (κ1) is 10.9. The molecule has 0 fully saturated rings. The molecule has 0 aromatic rings. The lowest BCUT2D eigenvalue weighted by atomic mass is 9.95. The van der Waals surface area contributed by atoms with Crippen molar-refractivity contribution in [3.8, 4) is 0 Å². The first-order valence-electron chi connectivity index (χ1n) is 4.40. The van der Waals surface area contributed by atoms with Crippen molar-refractivity contribution in [2.24, 2.45) is 11.7 Å². The Morgan fingerprint density at radius 3 is 2.27 bits per heavy atom. The van der Waals surface area contributed by atoms with Crippen LogP contribution in [0.4, 0.5) is 0 Å². The Morgan fingerprint density at radius 2 is 1.91 bits per heavy atom. The Bertz CT molecular complexity index is 95.6. The molecule has 0 radical (unpaired) electrons. The van der Waals surface area contributed by atoms with E-state index in [1.165, 1.54) is 0 Å². The molecule has 0 saturated carbocycles. The molecule has 0 aromatic heterocycles. The molecule has 0 amide bonds. The number of ether oxygens (including phenoxy) is 1. The Kier molecular flexibility index (Phi) is 5.51. The summed E-state index contributed by atoms with van der Waals surface area (Å²) in [6.07, 6.45) is 2.45. The highest BCUT2D eigenvalue weighted by Gasteiger charge is 2.13. The second kappa shape index (κ2) is 5.56. The van der Waals surface area contributed by atoms with Crippen LogP contribution >= 0.6 is 0 Å². The molecule has 0 aliphatic heterocycles. The topological polar surface area (TPSA) is 35.2 Å². The van der Waals surface area contributed by atoms with Gasteiger partial charge < -0.3 is 10.5 Å². The van der Waals surface area contributed by atoms with E-state index in [4.69, 9.17) is 10.5 Å². The Balaban J connectivity index is 3.58. The molecule has 0 aliphatic carbocycles. The minimum atomic E-state index is 0.326. The summed E-state index contributed by atoms with van der Waals surface area (Å²) in [5.41, 5.74) is 5.86. The lowest BCUT2D eigenvalue weighted by molar-refractivity contribution is 0.0931. The van der Waals surface area contributed by atoms with Crippen LogP contribution in [-0.4, -0.2) is 19.3 Å². The SMILES string of the molecule is CCC(N)C(C)CC(C)OC. The van der Waals surface area contributed by atoms with E-state index in [2.05, 4.69) is 20.8 Å². The Morgan fingerprint density at radius 1 is 1.36 bits per heavy atom. The van der Waals surface area contributed by atoms with E-state index in [-0.39, 0.29) is 0 Å². The van der Waals surface area contributed by atoms with Gasteiger partial charge in [0.15, 0.2) is 0 Å². The fraction of sp³-hybridized carbons (Fsp3) is 1.00. The third kappa shape index (κ3) is 4.38. The van der Waals surface area contributed by atoms with Gasteiger partial charge in [-0.05, 0) is 25.7 Å². The van der Waals surface area contributed by atoms with Crippen molar-refractivity contribution in [3.05, 3.63) is 0 Å². The highest BCUT2D eigenvalue weighted by Crippen LogP contribution is 2.12. The van der Waals surface area contributed by atoms with Crippen LogP contribution < -0.4 is 5.73 Å². The number of hydrogen-bond donors (Lipinski definition) is 1. The van der Waals surface area contributed by atoms with Crippen molar-refractivity contribution in [3.63, 3.8) is 0 Å². The summed E-state index contributed by atoms with van der Waals surface area (Å²) in [7, 11) is 1.74. The van der Waals surface area contributed by atoms with Crippen molar-refractivity contribution in [2.45, 2.75) is 45.8 Å². The molecule has 0 spiro atoms. The molecule has 0 rings (SSSR count). The number of rotatable bonds is 5. The second-order valence-electron chi connectivity index (χ2n) is 3.33. The average Bonchev–Trinajstić information content (AvgIpc) is 2.02. The van der Waals surface area contributed by atoms with Gasteiger partial charge in [0, 0.05) is 13.2 Å². The average molecular weight is 159 g/mol. The van der Waals surface area contributed by atoms with Gasteiger partial charge in [0.25, 0.3) is 0 Å². The number of methoxy groups -OCH3 is 1. The van der Waals surface area contributed by atoms with Gasteiger partial charge >= 0.3 is 0 Å². The van der Waals surface area contributed by atoms with Gasteiger partial charge in [-0.25, -0.2) is 0 Å². The van der Waals surface area contributed by atoms with Crippen LogP contribution in [0.1, 0.15) is 33.6 Å². The van der Waals surface area contributed by atoms with Gasteiger partial charge in [-0.2, -0.15) is 0 Å². The lowest BCUT2D eigenvalue weighted by Crippen LogP contribution is -2.29. The molecule has 0 aromatic carbocycles. The monoisotopic (exact) mass is 159 g/mol. The van der Waals surface area contributed by atoms with Gasteiger partial charge in [-0.3, -0.25) is 0 Å². The molecular formula is C9H21NO. The maximum absolute atomic E-state index is 5.86. The third-order valence-electron chi connectivity index (χ3n) is 2.31. The molecule has 3 atom stereocenters. The van der Waals surface area contributed by atoms with Crippen molar-refractivity contribution in [1.82, 2.24) is 0 Å². The lowest BCUT2D eigenvalue weighted by Gasteiger charge is -2.21. The van der Waals surface area contributed by atoms with Gasteiger partial charge in [-0.1, -0.05) is 13.8 Å². The van der Waals surface area contributed by atoms with E-state index >= 15 is 0 Å². The molecule has 2 heteroatoms. The van der Waals surface area contributed by atoms with E-state index in [1.807, 2.05) is 0 Å². The zero-order chi connectivity index (χ0) is 8.85. The first-order chi connectivity index (χ1) is 5.11. The van der Waals surface area contributed by atoms with Crippen molar-refractivity contribution in [1.29, 1.82) is 0 Å². The van der Waals surface area contributed by atoms with Crippen LogP contribution in [0.15, 0.2) is 0 Å². The fourth-order valence-electron chi connectivity index (χ4n) is 1.20. The van der Waals surface area contributed by atoms with E-state index in [0.717, 1.165) is 12.8 Å². The normalized spacial score (nSPS) is 19.4. The van der Waals surface area contributed by atoms with Crippen molar-refractivity contribution in [2.75, 3.05) is 7.11 Å². The van der Waals surface area contributed by atoms with Crippen LogP contribution in [0.25, 0.3) is 0 Å². The first-order valence-corrected chi connectivity index (χ1v) is 4.40. The molecule has 2 N–H and O–H groups in total. The predicted molar refractivity (Wildman–Crippen MR) is 48.5 cm³/mol. The summed E-state index contributed by atoms with van der Waals surface area (Å²) in [6.45, 7) is 6.39. The van der Waals surface area contributed by atoms with Gasteiger partial charge in [0.2, 0.25) is 0 Å². The minimum Gasteiger partial charge on any atom is -0.382 e.